The first kappa shape index (κ1) is 14.9. The Morgan fingerprint density at radius 3 is 2.71 bits per heavy atom. The van der Waals surface area contributed by atoms with E-state index in [0.717, 1.165) is 50.1 Å². The van der Waals surface area contributed by atoms with E-state index in [9.17, 15) is 4.79 Å². The molecule has 0 aliphatic heterocycles. The Balaban J connectivity index is 1.50. The van der Waals surface area contributed by atoms with Gasteiger partial charge in [-0.05, 0) is 74.2 Å². The number of rotatable bonds is 4. The van der Waals surface area contributed by atoms with Gasteiger partial charge in [0.2, 0.25) is 0 Å². The number of hydrogen-bond donors (Lipinski definition) is 2. The fraction of sp³-hybridized carbons (Fsp3) is 0.588. The molecule has 2 aliphatic carbocycles. The van der Waals surface area contributed by atoms with Gasteiger partial charge in [0.05, 0.1) is 5.92 Å². The van der Waals surface area contributed by atoms with Gasteiger partial charge >= 0.3 is 5.97 Å². The predicted molar refractivity (Wildman–Crippen MR) is 83.6 cm³/mol. The highest BCUT2D eigenvalue weighted by atomic mass is 35.5. The number of fused-ring (bicyclic) bond motifs is 1. The number of hydrogen-bond acceptors (Lipinski definition) is 2. The summed E-state index contributed by atoms with van der Waals surface area (Å²) < 4.78 is 0. The fourth-order valence-electron chi connectivity index (χ4n) is 3.72. The number of benzene rings is 1. The van der Waals surface area contributed by atoms with E-state index in [1.54, 1.807) is 0 Å². The van der Waals surface area contributed by atoms with E-state index in [4.69, 9.17) is 16.7 Å². The van der Waals surface area contributed by atoms with Gasteiger partial charge in [-0.3, -0.25) is 4.79 Å². The van der Waals surface area contributed by atoms with Crippen LogP contribution in [0.15, 0.2) is 18.2 Å². The molecule has 1 aromatic rings. The van der Waals surface area contributed by atoms with Gasteiger partial charge in [0.1, 0.15) is 0 Å². The van der Waals surface area contributed by atoms with Crippen molar-refractivity contribution in [1.82, 2.24) is 5.32 Å². The summed E-state index contributed by atoms with van der Waals surface area (Å²) in [6.07, 6.45) is 5.96. The van der Waals surface area contributed by atoms with E-state index in [1.165, 1.54) is 11.1 Å². The van der Waals surface area contributed by atoms with Crippen LogP contribution in [-0.2, 0) is 11.2 Å². The lowest BCUT2D eigenvalue weighted by molar-refractivity contribution is -0.143. The van der Waals surface area contributed by atoms with E-state index in [1.807, 2.05) is 6.07 Å². The van der Waals surface area contributed by atoms with Crippen LogP contribution in [-0.4, -0.2) is 17.6 Å². The standard InChI is InChI=1S/C17H22ClNO2/c18-14-6-7-15-13(9-14)5-8-16(15)19-10-11-1-3-12(4-2-11)17(20)21/h6-7,9,11-12,16,19H,1-5,8,10H2,(H,20,21). The summed E-state index contributed by atoms with van der Waals surface area (Å²) in [7, 11) is 0. The third kappa shape index (κ3) is 3.41. The Morgan fingerprint density at radius 1 is 1.24 bits per heavy atom. The van der Waals surface area contributed by atoms with Crippen molar-refractivity contribution in [1.29, 1.82) is 0 Å². The summed E-state index contributed by atoms with van der Waals surface area (Å²) in [6, 6.07) is 6.63. The molecule has 1 fully saturated rings. The third-order valence-corrected chi connectivity index (χ3v) is 5.27. The van der Waals surface area contributed by atoms with E-state index in [-0.39, 0.29) is 5.92 Å². The van der Waals surface area contributed by atoms with Crippen LogP contribution in [0.5, 0.6) is 0 Å². The molecule has 1 atom stereocenters. The minimum Gasteiger partial charge on any atom is -0.481 e. The fourth-order valence-corrected chi connectivity index (χ4v) is 3.92. The molecule has 0 bridgehead atoms. The molecule has 3 nitrogen and oxygen atoms in total. The largest absolute Gasteiger partial charge is 0.481 e. The molecule has 1 saturated carbocycles. The molecule has 2 N–H and O–H groups in total. The van der Waals surface area contributed by atoms with Gasteiger partial charge in [0.25, 0.3) is 0 Å². The second kappa shape index (κ2) is 6.37. The van der Waals surface area contributed by atoms with Crippen LogP contribution in [0.1, 0.15) is 49.3 Å². The lowest BCUT2D eigenvalue weighted by Gasteiger charge is -2.27. The predicted octanol–water partition coefficient (Wildman–Crippen LogP) is 3.81. The van der Waals surface area contributed by atoms with Crippen molar-refractivity contribution in [3.63, 3.8) is 0 Å². The second-order valence-corrected chi connectivity index (χ2v) is 6.83. The average Bonchev–Trinajstić information content (AvgIpc) is 2.87. The Kier molecular flexibility index (Phi) is 4.51. The first-order valence-electron chi connectivity index (χ1n) is 7.88. The van der Waals surface area contributed by atoms with Crippen LogP contribution in [0.4, 0.5) is 0 Å². The second-order valence-electron chi connectivity index (χ2n) is 6.40. The van der Waals surface area contributed by atoms with E-state index >= 15 is 0 Å². The molecule has 0 spiro atoms. The molecule has 0 heterocycles. The molecular weight excluding hydrogens is 286 g/mol. The highest BCUT2D eigenvalue weighted by Gasteiger charge is 2.27. The van der Waals surface area contributed by atoms with Gasteiger partial charge in [0.15, 0.2) is 0 Å². The van der Waals surface area contributed by atoms with Crippen molar-refractivity contribution < 1.29 is 9.90 Å². The van der Waals surface area contributed by atoms with Crippen molar-refractivity contribution in [3.8, 4) is 0 Å². The number of carboxylic acid groups (broad SMARTS) is 1. The van der Waals surface area contributed by atoms with E-state index < -0.39 is 5.97 Å². The van der Waals surface area contributed by atoms with Gasteiger partial charge in [0, 0.05) is 11.1 Å². The van der Waals surface area contributed by atoms with Crippen molar-refractivity contribution in [2.24, 2.45) is 11.8 Å². The zero-order valence-corrected chi connectivity index (χ0v) is 12.9. The zero-order chi connectivity index (χ0) is 14.8. The van der Waals surface area contributed by atoms with Crippen LogP contribution >= 0.6 is 11.6 Å². The summed E-state index contributed by atoms with van der Waals surface area (Å²) in [5, 5.41) is 13.5. The first-order valence-corrected chi connectivity index (χ1v) is 8.26. The van der Waals surface area contributed by atoms with Crippen LogP contribution in [0.3, 0.4) is 0 Å². The third-order valence-electron chi connectivity index (χ3n) is 5.03. The lowest BCUT2D eigenvalue weighted by atomic mass is 9.82. The number of aliphatic carboxylic acids is 1. The van der Waals surface area contributed by atoms with Crippen LogP contribution in [0.25, 0.3) is 0 Å². The van der Waals surface area contributed by atoms with E-state index in [2.05, 4.69) is 17.4 Å². The Labute approximate surface area is 130 Å². The highest BCUT2D eigenvalue weighted by Crippen LogP contribution is 2.34. The topological polar surface area (TPSA) is 49.3 Å². The van der Waals surface area contributed by atoms with Gasteiger partial charge < -0.3 is 10.4 Å². The van der Waals surface area contributed by atoms with Gasteiger partial charge in [-0.2, -0.15) is 0 Å². The van der Waals surface area contributed by atoms with Crippen molar-refractivity contribution in [2.45, 2.75) is 44.6 Å². The lowest BCUT2D eigenvalue weighted by Crippen LogP contribution is -2.30. The minimum absolute atomic E-state index is 0.115. The van der Waals surface area contributed by atoms with Gasteiger partial charge in [-0.1, -0.05) is 17.7 Å². The summed E-state index contributed by atoms with van der Waals surface area (Å²) in [5.41, 5.74) is 2.76. The van der Waals surface area contributed by atoms with Crippen LogP contribution in [0.2, 0.25) is 5.02 Å². The summed E-state index contributed by atoms with van der Waals surface area (Å²) in [6.45, 7) is 0.999. The van der Waals surface area contributed by atoms with Crippen LogP contribution < -0.4 is 5.32 Å². The molecule has 1 aromatic carbocycles. The van der Waals surface area contributed by atoms with Crippen molar-refractivity contribution in [2.75, 3.05) is 6.54 Å². The number of carboxylic acids is 1. The Bertz CT molecular complexity index is 524. The monoisotopic (exact) mass is 307 g/mol. The number of carbonyl (C=O) groups is 1. The molecule has 0 aromatic heterocycles. The molecule has 21 heavy (non-hydrogen) atoms. The molecule has 3 rings (SSSR count). The molecule has 2 aliphatic rings. The zero-order valence-electron chi connectivity index (χ0n) is 12.1. The maximum absolute atomic E-state index is 11.0. The maximum atomic E-state index is 11.0. The van der Waals surface area contributed by atoms with Crippen molar-refractivity contribution >= 4 is 17.6 Å². The molecule has 1 unspecified atom stereocenters. The number of aryl methyl sites for hydroxylation is 1. The SMILES string of the molecule is O=C(O)C1CCC(CNC2CCc3cc(Cl)ccc32)CC1. The Hall–Kier alpha value is -1.06. The average molecular weight is 308 g/mol. The van der Waals surface area contributed by atoms with Crippen LogP contribution in [0, 0.1) is 11.8 Å². The van der Waals surface area contributed by atoms with Crippen molar-refractivity contribution in [3.05, 3.63) is 34.3 Å². The minimum atomic E-state index is -0.622. The molecule has 4 heteroatoms. The Morgan fingerprint density at radius 2 is 2.00 bits per heavy atom. The summed E-state index contributed by atoms with van der Waals surface area (Å²) in [5.74, 6) is -0.115. The summed E-state index contributed by atoms with van der Waals surface area (Å²) >= 11 is 6.04. The highest BCUT2D eigenvalue weighted by molar-refractivity contribution is 6.30. The van der Waals surface area contributed by atoms with Gasteiger partial charge in [-0.25, -0.2) is 0 Å². The molecule has 0 saturated heterocycles. The molecule has 0 radical (unpaired) electrons. The maximum Gasteiger partial charge on any atom is 0.306 e. The molecule has 114 valence electrons. The summed E-state index contributed by atoms with van der Waals surface area (Å²) in [4.78, 5) is 11.0. The molecule has 0 amide bonds. The number of halogens is 1. The van der Waals surface area contributed by atoms with E-state index in [0.29, 0.717) is 12.0 Å². The molecular formula is C17H22ClNO2. The normalized spacial score (nSPS) is 28.3. The smallest absolute Gasteiger partial charge is 0.306 e. The number of nitrogens with one attached hydrogen (secondary N) is 1. The van der Waals surface area contributed by atoms with Gasteiger partial charge in [-0.15, -0.1) is 0 Å². The first-order chi connectivity index (χ1) is 10.1. The quantitative estimate of drug-likeness (QED) is 0.889.